The molecule has 102 valence electrons. The van der Waals surface area contributed by atoms with Gasteiger partial charge in [0.05, 0.1) is 5.69 Å². The largest absolute Gasteiger partial charge is 0.353 e. The van der Waals surface area contributed by atoms with Gasteiger partial charge in [-0.2, -0.15) is 5.10 Å². The fourth-order valence-electron chi connectivity index (χ4n) is 1.91. The zero-order valence-electron chi connectivity index (χ0n) is 12.4. The summed E-state index contributed by atoms with van der Waals surface area (Å²) < 4.78 is 1.87. The molecule has 0 bridgehead atoms. The molecule has 0 fully saturated rings. The second-order valence-electron chi connectivity index (χ2n) is 5.37. The molecule has 1 aromatic heterocycles. The lowest BCUT2D eigenvalue weighted by Gasteiger charge is -2.17. The van der Waals surface area contributed by atoms with Crippen molar-refractivity contribution in [3.8, 4) is 0 Å². The van der Waals surface area contributed by atoms with Crippen LogP contribution in [0.3, 0.4) is 0 Å². The Kier molecular flexibility index (Phi) is 4.93. The molecule has 0 saturated carbocycles. The van der Waals surface area contributed by atoms with E-state index in [1.807, 2.05) is 32.5 Å². The maximum Gasteiger partial charge on any atom is 0.220 e. The first-order valence-electron chi connectivity index (χ1n) is 6.61. The van der Waals surface area contributed by atoms with E-state index in [4.69, 9.17) is 0 Å². The van der Waals surface area contributed by atoms with Crippen LogP contribution in [-0.2, 0) is 18.3 Å². The SMILES string of the molecule is Cc1nn(C)c(C)c1CCC(=O)N[C@@H](C)C(C)C. The minimum Gasteiger partial charge on any atom is -0.353 e. The van der Waals surface area contributed by atoms with Gasteiger partial charge in [0.15, 0.2) is 0 Å². The van der Waals surface area contributed by atoms with Crippen molar-refractivity contribution >= 4 is 5.91 Å². The van der Waals surface area contributed by atoms with Crippen LogP contribution in [0.2, 0.25) is 0 Å². The van der Waals surface area contributed by atoms with E-state index >= 15 is 0 Å². The Morgan fingerprint density at radius 3 is 2.39 bits per heavy atom. The van der Waals surface area contributed by atoms with Gasteiger partial charge in [0.2, 0.25) is 5.91 Å². The van der Waals surface area contributed by atoms with Crippen LogP contribution in [0.5, 0.6) is 0 Å². The highest BCUT2D eigenvalue weighted by atomic mass is 16.1. The summed E-state index contributed by atoms with van der Waals surface area (Å²) in [5.74, 6) is 0.592. The highest BCUT2D eigenvalue weighted by Gasteiger charge is 2.13. The van der Waals surface area contributed by atoms with Gasteiger partial charge in [0.25, 0.3) is 0 Å². The maximum atomic E-state index is 11.8. The highest BCUT2D eigenvalue weighted by Crippen LogP contribution is 2.14. The van der Waals surface area contributed by atoms with Gasteiger partial charge < -0.3 is 5.32 Å². The van der Waals surface area contributed by atoms with Gasteiger partial charge in [-0.1, -0.05) is 13.8 Å². The van der Waals surface area contributed by atoms with Crippen LogP contribution in [0.4, 0.5) is 0 Å². The molecule has 1 amide bonds. The lowest BCUT2D eigenvalue weighted by atomic mass is 10.0. The summed E-state index contributed by atoms with van der Waals surface area (Å²) in [5, 5.41) is 7.39. The second-order valence-corrected chi connectivity index (χ2v) is 5.37. The van der Waals surface area contributed by atoms with Crippen LogP contribution in [0.15, 0.2) is 0 Å². The molecule has 0 aromatic carbocycles. The number of carbonyl (C=O) groups excluding carboxylic acids is 1. The third-order valence-electron chi connectivity index (χ3n) is 3.65. The van der Waals surface area contributed by atoms with Gasteiger partial charge in [-0.25, -0.2) is 0 Å². The summed E-state index contributed by atoms with van der Waals surface area (Å²) in [6, 6.07) is 0.230. The fourth-order valence-corrected chi connectivity index (χ4v) is 1.91. The van der Waals surface area contributed by atoms with Crippen LogP contribution in [0.25, 0.3) is 0 Å². The topological polar surface area (TPSA) is 46.9 Å². The number of nitrogens with zero attached hydrogens (tertiary/aromatic N) is 2. The standard InChI is InChI=1S/C14H25N3O/c1-9(2)10(3)15-14(18)8-7-13-11(4)16-17(6)12(13)5/h9-10H,7-8H2,1-6H3,(H,15,18)/t10-/m0/s1. The number of carbonyl (C=O) groups is 1. The van der Waals surface area contributed by atoms with E-state index in [0.29, 0.717) is 12.3 Å². The molecule has 4 nitrogen and oxygen atoms in total. The van der Waals surface area contributed by atoms with Crippen molar-refractivity contribution in [2.75, 3.05) is 0 Å². The molecule has 0 aliphatic rings. The molecule has 0 spiro atoms. The Morgan fingerprint density at radius 1 is 1.33 bits per heavy atom. The van der Waals surface area contributed by atoms with Gasteiger partial charge in [-0.05, 0) is 38.7 Å². The lowest BCUT2D eigenvalue weighted by molar-refractivity contribution is -0.121. The summed E-state index contributed by atoms with van der Waals surface area (Å²) in [6.45, 7) is 10.3. The number of hydrogen-bond donors (Lipinski definition) is 1. The Balaban J connectivity index is 2.53. The summed E-state index contributed by atoms with van der Waals surface area (Å²) in [4.78, 5) is 11.8. The normalized spacial score (nSPS) is 12.8. The quantitative estimate of drug-likeness (QED) is 0.871. The van der Waals surface area contributed by atoms with Gasteiger partial charge in [0, 0.05) is 25.2 Å². The average Bonchev–Trinajstić information content (AvgIpc) is 2.51. The lowest BCUT2D eigenvalue weighted by Crippen LogP contribution is -2.36. The zero-order chi connectivity index (χ0) is 13.9. The van der Waals surface area contributed by atoms with Crippen molar-refractivity contribution in [1.29, 1.82) is 0 Å². The molecular formula is C14H25N3O. The first kappa shape index (κ1) is 14.7. The maximum absolute atomic E-state index is 11.8. The second kappa shape index (κ2) is 6.03. The van der Waals surface area contributed by atoms with Gasteiger partial charge in [-0.3, -0.25) is 9.48 Å². The number of hydrogen-bond acceptors (Lipinski definition) is 2. The Bertz CT molecular complexity index is 421. The molecule has 0 unspecified atom stereocenters. The van der Waals surface area contributed by atoms with Crippen LogP contribution in [-0.4, -0.2) is 21.7 Å². The van der Waals surface area contributed by atoms with Crippen molar-refractivity contribution in [1.82, 2.24) is 15.1 Å². The molecule has 1 heterocycles. The van der Waals surface area contributed by atoms with Crippen LogP contribution in [0.1, 0.15) is 44.1 Å². The molecule has 4 heteroatoms. The van der Waals surface area contributed by atoms with E-state index in [0.717, 1.165) is 17.8 Å². The van der Waals surface area contributed by atoms with Crippen LogP contribution in [0, 0.1) is 19.8 Å². The Labute approximate surface area is 110 Å². The van der Waals surface area contributed by atoms with Crippen LogP contribution < -0.4 is 5.32 Å². The number of aromatic nitrogens is 2. The first-order chi connectivity index (χ1) is 8.32. The number of amides is 1. The summed E-state index contributed by atoms with van der Waals surface area (Å²) >= 11 is 0. The van der Waals surface area contributed by atoms with E-state index < -0.39 is 0 Å². The van der Waals surface area contributed by atoms with E-state index in [1.165, 1.54) is 5.56 Å². The van der Waals surface area contributed by atoms with Crippen molar-refractivity contribution < 1.29 is 4.79 Å². The monoisotopic (exact) mass is 251 g/mol. The average molecular weight is 251 g/mol. The smallest absolute Gasteiger partial charge is 0.220 e. The van der Waals surface area contributed by atoms with E-state index in [2.05, 4.69) is 24.3 Å². The molecular weight excluding hydrogens is 226 g/mol. The molecule has 1 atom stereocenters. The summed E-state index contributed by atoms with van der Waals surface area (Å²) in [6.07, 6.45) is 1.30. The number of rotatable bonds is 5. The number of nitrogens with one attached hydrogen (secondary N) is 1. The molecule has 18 heavy (non-hydrogen) atoms. The summed E-state index contributed by atoms with van der Waals surface area (Å²) in [7, 11) is 1.94. The van der Waals surface area contributed by atoms with Crippen LogP contribution >= 0.6 is 0 Å². The minimum atomic E-state index is 0.124. The summed E-state index contributed by atoms with van der Waals surface area (Å²) in [5.41, 5.74) is 3.38. The van der Waals surface area contributed by atoms with Gasteiger partial charge >= 0.3 is 0 Å². The van der Waals surface area contributed by atoms with E-state index in [9.17, 15) is 4.79 Å². The molecule has 1 rings (SSSR count). The van der Waals surface area contributed by atoms with Crippen molar-refractivity contribution in [3.05, 3.63) is 17.0 Å². The van der Waals surface area contributed by atoms with Gasteiger partial charge in [0.1, 0.15) is 0 Å². The Morgan fingerprint density at radius 2 is 1.94 bits per heavy atom. The zero-order valence-corrected chi connectivity index (χ0v) is 12.4. The molecule has 0 radical (unpaired) electrons. The van der Waals surface area contributed by atoms with E-state index in [-0.39, 0.29) is 11.9 Å². The fraction of sp³-hybridized carbons (Fsp3) is 0.714. The van der Waals surface area contributed by atoms with Crippen molar-refractivity contribution in [2.24, 2.45) is 13.0 Å². The highest BCUT2D eigenvalue weighted by molar-refractivity contribution is 5.76. The molecule has 0 saturated heterocycles. The van der Waals surface area contributed by atoms with Crippen molar-refractivity contribution in [3.63, 3.8) is 0 Å². The third-order valence-corrected chi connectivity index (χ3v) is 3.65. The van der Waals surface area contributed by atoms with Gasteiger partial charge in [-0.15, -0.1) is 0 Å². The molecule has 0 aliphatic heterocycles. The predicted molar refractivity (Wildman–Crippen MR) is 73.4 cm³/mol. The molecule has 1 aromatic rings. The van der Waals surface area contributed by atoms with E-state index in [1.54, 1.807) is 0 Å². The Hall–Kier alpha value is -1.32. The third kappa shape index (κ3) is 3.59. The van der Waals surface area contributed by atoms with Crippen molar-refractivity contribution in [2.45, 2.75) is 53.5 Å². The molecule has 0 aliphatic carbocycles. The predicted octanol–water partition coefficient (Wildman–Crippen LogP) is 2.13. The number of aryl methyl sites for hydroxylation is 2. The first-order valence-corrected chi connectivity index (χ1v) is 6.61. The molecule has 1 N–H and O–H groups in total. The minimum absolute atomic E-state index is 0.124.